The molecule has 3 heterocycles. The summed E-state index contributed by atoms with van der Waals surface area (Å²) in [6.45, 7) is 0.570. The van der Waals surface area contributed by atoms with E-state index in [0.29, 0.717) is 6.54 Å². The van der Waals surface area contributed by atoms with Crippen LogP contribution in [0.1, 0.15) is 5.69 Å². The van der Waals surface area contributed by atoms with E-state index in [9.17, 15) is 0 Å². The first-order chi connectivity index (χ1) is 8.83. The minimum absolute atomic E-state index is 0.245. The van der Waals surface area contributed by atoms with Crippen molar-refractivity contribution in [3.8, 4) is 0 Å². The molecule has 0 saturated carbocycles. The second-order valence-electron chi connectivity index (χ2n) is 3.53. The van der Waals surface area contributed by atoms with Crippen LogP contribution in [0.25, 0.3) is 10.2 Å². The fraction of sp³-hybridized carbons (Fsp3) is 0.0909. The molecule has 3 rings (SSSR count). The molecule has 0 bridgehead atoms. The normalized spacial score (nSPS) is 10.7. The van der Waals surface area contributed by atoms with E-state index in [1.165, 1.54) is 17.7 Å². The molecule has 3 aromatic heterocycles. The van der Waals surface area contributed by atoms with E-state index in [0.717, 1.165) is 21.7 Å². The molecule has 0 radical (unpaired) electrons. The van der Waals surface area contributed by atoms with Crippen LogP contribution in [-0.2, 0) is 6.54 Å². The molecule has 7 heteroatoms. The molecule has 0 unspecified atom stereocenters. The van der Waals surface area contributed by atoms with Crippen LogP contribution in [0.5, 0.6) is 0 Å². The molecule has 0 amide bonds. The van der Waals surface area contributed by atoms with Gasteiger partial charge in [-0.3, -0.25) is 0 Å². The van der Waals surface area contributed by atoms with E-state index >= 15 is 0 Å². The summed E-state index contributed by atoms with van der Waals surface area (Å²) in [6.07, 6.45) is 3.22. The van der Waals surface area contributed by atoms with Crippen LogP contribution in [0.4, 0.5) is 5.82 Å². The van der Waals surface area contributed by atoms with Crippen molar-refractivity contribution in [1.29, 1.82) is 0 Å². The van der Waals surface area contributed by atoms with Gasteiger partial charge in [0.1, 0.15) is 17.0 Å². The van der Waals surface area contributed by atoms with Crippen molar-refractivity contribution >= 4 is 39.0 Å². The summed E-state index contributed by atoms with van der Waals surface area (Å²) >= 11 is 7.42. The van der Waals surface area contributed by atoms with Gasteiger partial charge in [-0.2, -0.15) is 0 Å². The van der Waals surface area contributed by atoms with Gasteiger partial charge in [0, 0.05) is 6.20 Å². The standard InChI is InChI=1S/C11H8ClN5S/c12-11-16-9(8-2-4-18-10(8)17-11)14-5-7-1-3-13-6-15-7/h1-4,6H,5H2,(H,14,16,17). The van der Waals surface area contributed by atoms with Crippen molar-refractivity contribution in [2.75, 3.05) is 5.32 Å². The average molecular weight is 278 g/mol. The second-order valence-corrected chi connectivity index (χ2v) is 4.77. The highest BCUT2D eigenvalue weighted by Crippen LogP contribution is 2.26. The zero-order chi connectivity index (χ0) is 12.4. The molecule has 0 atom stereocenters. The lowest BCUT2D eigenvalue weighted by molar-refractivity contribution is 0.997. The summed E-state index contributed by atoms with van der Waals surface area (Å²) in [6, 6.07) is 3.82. The topological polar surface area (TPSA) is 63.6 Å². The van der Waals surface area contributed by atoms with Crippen molar-refractivity contribution in [3.63, 3.8) is 0 Å². The van der Waals surface area contributed by atoms with E-state index in [-0.39, 0.29) is 5.28 Å². The molecule has 0 aliphatic carbocycles. The molecule has 90 valence electrons. The maximum absolute atomic E-state index is 5.88. The van der Waals surface area contributed by atoms with E-state index < -0.39 is 0 Å². The Labute approximate surface area is 112 Å². The number of rotatable bonds is 3. The second kappa shape index (κ2) is 4.83. The van der Waals surface area contributed by atoms with E-state index in [2.05, 4.69) is 25.3 Å². The zero-order valence-corrected chi connectivity index (χ0v) is 10.7. The number of anilines is 1. The molecule has 18 heavy (non-hydrogen) atoms. The van der Waals surface area contributed by atoms with Gasteiger partial charge < -0.3 is 5.32 Å². The smallest absolute Gasteiger partial charge is 0.225 e. The average Bonchev–Trinajstić information content (AvgIpc) is 2.85. The highest BCUT2D eigenvalue weighted by molar-refractivity contribution is 7.16. The Hall–Kier alpha value is -1.79. The van der Waals surface area contributed by atoms with Crippen LogP contribution < -0.4 is 5.32 Å². The quantitative estimate of drug-likeness (QED) is 0.746. The third-order valence-electron chi connectivity index (χ3n) is 2.38. The van der Waals surface area contributed by atoms with Crippen LogP contribution in [0, 0.1) is 0 Å². The number of halogens is 1. The van der Waals surface area contributed by atoms with Gasteiger partial charge in [-0.05, 0) is 29.1 Å². The first-order valence-corrected chi connectivity index (χ1v) is 6.48. The highest BCUT2D eigenvalue weighted by atomic mass is 35.5. The van der Waals surface area contributed by atoms with Crippen molar-refractivity contribution < 1.29 is 0 Å². The minimum atomic E-state index is 0.245. The van der Waals surface area contributed by atoms with Gasteiger partial charge >= 0.3 is 0 Å². The predicted octanol–water partition coefficient (Wildman–Crippen LogP) is 2.75. The molecule has 0 aromatic carbocycles. The first kappa shape index (κ1) is 11.3. The van der Waals surface area contributed by atoms with Gasteiger partial charge in [0.05, 0.1) is 17.6 Å². The SMILES string of the molecule is Clc1nc(NCc2ccncn2)c2ccsc2n1. The number of nitrogens with one attached hydrogen (secondary N) is 1. The van der Waals surface area contributed by atoms with Gasteiger partial charge in [0.15, 0.2) is 0 Å². The van der Waals surface area contributed by atoms with Gasteiger partial charge in [0.2, 0.25) is 5.28 Å². The Bertz CT molecular complexity index is 670. The Morgan fingerprint density at radius 3 is 3.06 bits per heavy atom. The highest BCUT2D eigenvalue weighted by Gasteiger charge is 2.07. The lowest BCUT2D eigenvalue weighted by Crippen LogP contribution is -2.04. The maximum Gasteiger partial charge on any atom is 0.225 e. The van der Waals surface area contributed by atoms with Gasteiger partial charge in [-0.25, -0.2) is 19.9 Å². The molecular weight excluding hydrogens is 270 g/mol. The van der Waals surface area contributed by atoms with E-state index in [4.69, 9.17) is 11.6 Å². The largest absolute Gasteiger partial charge is 0.364 e. The summed E-state index contributed by atoms with van der Waals surface area (Å²) in [5.41, 5.74) is 0.892. The fourth-order valence-electron chi connectivity index (χ4n) is 1.56. The number of hydrogen-bond acceptors (Lipinski definition) is 6. The number of fused-ring (bicyclic) bond motifs is 1. The van der Waals surface area contributed by atoms with Crippen molar-refractivity contribution in [1.82, 2.24) is 19.9 Å². The van der Waals surface area contributed by atoms with E-state index in [1.54, 1.807) is 6.20 Å². The molecule has 1 N–H and O–H groups in total. The molecule has 0 spiro atoms. The number of nitrogens with zero attached hydrogens (tertiary/aromatic N) is 4. The van der Waals surface area contributed by atoms with Gasteiger partial charge in [-0.15, -0.1) is 11.3 Å². The number of aromatic nitrogens is 4. The summed E-state index contributed by atoms with van der Waals surface area (Å²) in [4.78, 5) is 17.2. The molecule has 0 aliphatic rings. The van der Waals surface area contributed by atoms with Crippen molar-refractivity contribution in [3.05, 3.63) is 41.0 Å². The van der Waals surface area contributed by atoms with Crippen LogP contribution in [0.15, 0.2) is 30.0 Å². The lowest BCUT2D eigenvalue weighted by atomic mass is 10.3. The Balaban J connectivity index is 1.88. The fourth-order valence-corrected chi connectivity index (χ4v) is 2.54. The molecule has 0 aliphatic heterocycles. The summed E-state index contributed by atoms with van der Waals surface area (Å²) < 4.78 is 0. The molecule has 5 nitrogen and oxygen atoms in total. The van der Waals surface area contributed by atoms with Gasteiger partial charge in [-0.1, -0.05) is 0 Å². The zero-order valence-electron chi connectivity index (χ0n) is 9.17. The summed E-state index contributed by atoms with van der Waals surface area (Å²) in [5.74, 6) is 0.727. The molecule has 0 fully saturated rings. The minimum Gasteiger partial charge on any atom is -0.364 e. The van der Waals surface area contributed by atoms with Crippen molar-refractivity contribution in [2.24, 2.45) is 0 Å². The summed E-state index contributed by atoms with van der Waals surface area (Å²) in [5, 5.41) is 6.39. The van der Waals surface area contributed by atoms with Crippen LogP contribution in [0.3, 0.4) is 0 Å². The third kappa shape index (κ3) is 2.25. The van der Waals surface area contributed by atoms with Gasteiger partial charge in [0.25, 0.3) is 0 Å². The third-order valence-corrected chi connectivity index (χ3v) is 3.35. The van der Waals surface area contributed by atoms with Crippen molar-refractivity contribution in [2.45, 2.75) is 6.54 Å². The number of hydrogen-bond donors (Lipinski definition) is 1. The number of thiophene rings is 1. The Morgan fingerprint density at radius 2 is 2.22 bits per heavy atom. The molecule has 3 aromatic rings. The maximum atomic E-state index is 5.88. The van der Waals surface area contributed by atoms with Crippen LogP contribution >= 0.6 is 22.9 Å². The van der Waals surface area contributed by atoms with Crippen LogP contribution in [0.2, 0.25) is 5.28 Å². The molecular formula is C11H8ClN5S. The first-order valence-electron chi connectivity index (χ1n) is 5.22. The molecule has 0 saturated heterocycles. The lowest BCUT2D eigenvalue weighted by Gasteiger charge is -2.06. The van der Waals surface area contributed by atoms with Crippen LogP contribution in [-0.4, -0.2) is 19.9 Å². The summed E-state index contributed by atoms with van der Waals surface area (Å²) in [7, 11) is 0. The monoisotopic (exact) mass is 277 g/mol. The Morgan fingerprint density at radius 1 is 1.28 bits per heavy atom. The Kier molecular flexibility index (Phi) is 3.04. The predicted molar refractivity (Wildman–Crippen MR) is 71.8 cm³/mol. The van der Waals surface area contributed by atoms with E-state index in [1.807, 2.05) is 17.5 Å².